The first-order chi connectivity index (χ1) is 7.06. The molecule has 3 N–H and O–H groups in total. The van der Waals surface area contributed by atoms with Gasteiger partial charge in [0.15, 0.2) is 5.82 Å². The minimum atomic E-state index is -0.255. The van der Waals surface area contributed by atoms with Crippen molar-refractivity contribution >= 4 is 11.3 Å². The molecule has 0 aliphatic rings. The number of nitrogens with zero attached hydrogens (tertiary/aromatic N) is 3. The second-order valence-corrected chi connectivity index (χ2v) is 4.28. The maximum atomic E-state index is 5.89. The van der Waals surface area contributed by atoms with Crippen LogP contribution >= 0.6 is 0 Å². The van der Waals surface area contributed by atoms with Crippen LogP contribution in [-0.4, -0.2) is 26.7 Å². The van der Waals surface area contributed by atoms with E-state index in [1.54, 1.807) is 16.9 Å². The predicted molar refractivity (Wildman–Crippen MR) is 59.7 cm³/mol. The summed E-state index contributed by atoms with van der Waals surface area (Å²) in [6, 6.07) is 1.92. The van der Waals surface area contributed by atoms with Crippen molar-refractivity contribution in [2.24, 2.45) is 5.73 Å². The van der Waals surface area contributed by atoms with Crippen LogP contribution in [0.1, 0.15) is 13.8 Å². The van der Waals surface area contributed by atoms with Crippen LogP contribution < -0.4 is 11.1 Å². The summed E-state index contributed by atoms with van der Waals surface area (Å²) in [4.78, 5) is 4.25. The Morgan fingerprint density at radius 3 is 3.00 bits per heavy atom. The summed E-state index contributed by atoms with van der Waals surface area (Å²) in [6.45, 7) is 4.61. The molecule has 0 aliphatic heterocycles. The molecule has 0 atom stereocenters. The molecule has 2 heterocycles. The monoisotopic (exact) mass is 205 g/mol. The number of anilines is 1. The van der Waals surface area contributed by atoms with Crippen LogP contribution in [0.15, 0.2) is 24.7 Å². The molecule has 0 amide bonds. The maximum absolute atomic E-state index is 5.89. The summed E-state index contributed by atoms with van der Waals surface area (Å²) in [5.74, 6) is 0.813. The quantitative estimate of drug-likeness (QED) is 0.780. The molecule has 0 fully saturated rings. The van der Waals surface area contributed by atoms with E-state index in [2.05, 4.69) is 15.4 Å². The molecule has 0 saturated heterocycles. The highest BCUT2D eigenvalue weighted by Crippen LogP contribution is 2.12. The maximum Gasteiger partial charge on any atom is 0.152 e. The summed E-state index contributed by atoms with van der Waals surface area (Å²) < 4.78 is 1.78. The zero-order chi connectivity index (χ0) is 10.9. The number of hydrogen-bond acceptors (Lipinski definition) is 4. The van der Waals surface area contributed by atoms with Gasteiger partial charge in [-0.3, -0.25) is 0 Å². The third kappa shape index (κ3) is 2.24. The zero-order valence-electron chi connectivity index (χ0n) is 8.94. The lowest BCUT2D eigenvalue weighted by molar-refractivity contribution is 0.548. The molecule has 0 spiro atoms. The van der Waals surface area contributed by atoms with Gasteiger partial charge in [-0.2, -0.15) is 5.10 Å². The third-order valence-electron chi connectivity index (χ3n) is 2.04. The van der Waals surface area contributed by atoms with Crippen molar-refractivity contribution in [2.75, 3.05) is 11.9 Å². The minimum absolute atomic E-state index is 0.255. The average molecular weight is 205 g/mol. The number of nitrogens with one attached hydrogen (secondary N) is 1. The molecule has 2 aromatic heterocycles. The molecule has 0 radical (unpaired) electrons. The van der Waals surface area contributed by atoms with Gasteiger partial charge in [0.25, 0.3) is 0 Å². The van der Waals surface area contributed by atoms with Crippen molar-refractivity contribution in [3.05, 3.63) is 24.7 Å². The Bertz CT molecular complexity index is 454. The Labute approximate surface area is 88.3 Å². The molecule has 0 aromatic carbocycles. The van der Waals surface area contributed by atoms with Crippen molar-refractivity contribution in [3.63, 3.8) is 0 Å². The average Bonchev–Trinajstić information content (AvgIpc) is 2.61. The minimum Gasteiger partial charge on any atom is -0.366 e. The van der Waals surface area contributed by atoms with Gasteiger partial charge >= 0.3 is 0 Å². The first-order valence-corrected chi connectivity index (χ1v) is 4.87. The molecule has 0 saturated carbocycles. The number of aromatic nitrogens is 3. The highest BCUT2D eigenvalue weighted by molar-refractivity contribution is 5.66. The van der Waals surface area contributed by atoms with E-state index in [1.165, 1.54) is 0 Å². The van der Waals surface area contributed by atoms with Gasteiger partial charge in [0.1, 0.15) is 5.52 Å². The van der Waals surface area contributed by atoms with Gasteiger partial charge in [-0.05, 0) is 19.9 Å². The SMILES string of the molecule is CC(C)(N)CNc1nccn2nccc12. The van der Waals surface area contributed by atoms with E-state index in [-0.39, 0.29) is 5.54 Å². The van der Waals surface area contributed by atoms with Crippen molar-refractivity contribution in [1.82, 2.24) is 14.6 Å². The largest absolute Gasteiger partial charge is 0.366 e. The summed E-state index contributed by atoms with van der Waals surface area (Å²) in [7, 11) is 0. The van der Waals surface area contributed by atoms with Gasteiger partial charge in [-0.1, -0.05) is 0 Å². The van der Waals surface area contributed by atoms with E-state index in [1.807, 2.05) is 26.1 Å². The van der Waals surface area contributed by atoms with E-state index in [4.69, 9.17) is 5.73 Å². The lowest BCUT2D eigenvalue weighted by Gasteiger charge is -2.19. The van der Waals surface area contributed by atoms with Gasteiger partial charge in [-0.15, -0.1) is 0 Å². The lowest BCUT2D eigenvalue weighted by atomic mass is 10.1. The fraction of sp³-hybridized carbons (Fsp3) is 0.400. The fourth-order valence-corrected chi connectivity index (χ4v) is 1.31. The highest BCUT2D eigenvalue weighted by Gasteiger charge is 2.11. The number of hydrogen-bond donors (Lipinski definition) is 2. The van der Waals surface area contributed by atoms with Gasteiger partial charge in [0.2, 0.25) is 0 Å². The first kappa shape index (κ1) is 9.92. The third-order valence-corrected chi connectivity index (χ3v) is 2.04. The molecule has 2 rings (SSSR count). The second-order valence-electron chi connectivity index (χ2n) is 4.28. The number of nitrogens with two attached hydrogens (primary N) is 1. The van der Waals surface area contributed by atoms with E-state index < -0.39 is 0 Å². The topological polar surface area (TPSA) is 68.2 Å². The summed E-state index contributed by atoms with van der Waals surface area (Å²) in [5.41, 5.74) is 6.59. The molecule has 0 unspecified atom stereocenters. The van der Waals surface area contributed by atoms with E-state index in [9.17, 15) is 0 Å². The zero-order valence-corrected chi connectivity index (χ0v) is 8.94. The smallest absolute Gasteiger partial charge is 0.152 e. The van der Waals surface area contributed by atoms with Crippen molar-refractivity contribution in [2.45, 2.75) is 19.4 Å². The second kappa shape index (κ2) is 3.51. The molecule has 80 valence electrons. The Morgan fingerprint density at radius 2 is 2.27 bits per heavy atom. The normalized spacial score (nSPS) is 11.9. The van der Waals surface area contributed by atoms with Gasteiger partial charge < -0.3 is 11.1 Å². The van der Waals surface area contributed by atoms with Crippen molar-refractivity contribution in [3.8, 4) is 0 Å². The Balaban J connectivity index is 2.24. The Hall–Kier alpha value is -1.62. The van der Waals surface area contributed by atoms with Crippen LogP contribution in [-0.2, 0) is 0 Å². The molecular formula is C10H15N5. The van der Waals surface area contributed by atoms with Crippen LogP contribution in [0.25, 0.3) is 5.52 Å². The molecular weight excluding hydrogens is 190 g/mol. The highest BCUT2D eigenvalue weighted by atomic mass is 15.2. The number of fused-ring (bicyclic) bond motifs is 1. The van der Waals surface area contributed by atoms with Crippen molar-refractivity contribution < 1.29 is 0 Å². The van der Waals surface area contributed by atoms with Crippen LogP contribution in [0, 0.1) is 0 Å². The van der Waals surface area contributed by atoms with Crippen LogP contribution in [0.5, 0.6) is 0 Å². The fourth-order valence-electron chi connectivity index (χ4n) is 1.31. The predicted octanol–water partition coefficient (Wildman–Crippen LogP) is 0.878. The summed E-state index contributed by atoms with van der Waals surface area (Å²) in [5, 5.41) is 7.35. The molecule has 0 bridgehead atoms. The van der Waals surface area contributed by atoms with E-state index >= 15 is 0 Å². The van der Waals surface area contributed by atoms with Crippen LogP contribution in [0.3, 0.4) is 0 Å². The van der Waals surface area contributed by atoms with Crippen molar-refractivity contribution in [1.29, 1.82) is 0 Å². The lowest BCUT2D eigenvalue weighted by Crippen LogP contribution is -2.39. The van der Waals surface area contributed by atoms with E-state index in [0.29, 0.717) is 6.54 Å². The summed E-state index contributed by atoms with van der Waals surface area (Å²) in [6.07, 6.45) is 5.27. The standard InChI is InChI=1S/C10H15N5/c1-10(2,11)7-13-9-8-3-4-14-15(8)6-5-12-9/h3-6H,7,11H2,1-2H3,(H,12,13). The van der Waals surface area contributed by atoms with Gasteiger partial charge in [0.05, 0.1) is 6.20 Å². The molecule has 15 heavy (non-hydrogen) atoms. The Morgan fingerprint density at radius 1 is 1.47 bits per heavy atom. The van der Waals surface area contributed by atoms with Crippen LogP contribution in [0.4, 0.5) is 5.82 Å². The first-order valence-electron chi connectivity index (χ1n) is 4.87. The Kier molecular flexibility index (Phi) is 2.32. The molecule has 2 aromatic rings. The molecule has 0 aliphatic carbocycles. The molecule has 5 nitrogen and oxygen atoms in total. The van der Waals surface area contributed by atoms with Gasteiger partial charge in [-0.25, -0.2) is 9.50 Å². The van der Waals surface area contributed by atoms with Crippen LogP contribution in [0.2, 0.25) is 0 Å². The van der Waals surface area contributed by atoms with E-state index in [0.717, 1.165) is 11.3 Å². The molecule has 5 heteroatoms. The number of rotatable bonds is 3. The summed E-state index contributed by atoms with van der Waals surface area (Å²) >= 11 is 0. The van der Waals surface area contributed by atoms with Gasteiger partial charge in [0, 0.05) is 24.5 Å².